The van der Waals surface area contributed by atoms with Crippen molar-refractivity contribution < 1.29 is 10.2 Å². The minimum Gasteiger partial charge on any atom is -0.507 e. The Morgan fingerprint density at radius 1 is 1.00 bits per heavy atom. The molecule has 80 valence electrons. The summed E-state index contributed by atoms with van der Waals surface area (Å²) < 4.78 is 0. The highest BCUT2D eigenvalue weighted by Gasteiger charge is 2.11. The topological polar surface area (TPSA) is 56.2 Å². The molecule has 0 atom stereocenters. The zero-order valence-corrected chi connectivity index (χ0v) is 8.78. The predicted molar refractivity (Wildman–Crippen MR) is 63.9 cm³/mol. The van der Waals surface area contributed by atoms with Crippen LogP contribution >= 0.6 is 0 Å². The van der Waals surface area contributed by atoms with E-state index in [2.05, 4.69) is 4.98 Å². The molecule has 1 heterocycles. The van der Waals surface area contributed by atoms with Gasteiger partial charge in [-0.3, -0.25) is 0 Å². The lowest BCUT2D eigenvalue weighted by Gasteiger charge is -1.98. The van der Waals surface area contributed by atoms with Crippen molar-refractivity contribution >= 4 is 21.8 Å². The molecular weight excluding hydrogens is 202 g/mol. The van der Waals surface area contributed by atoms with Gasteiger partial charge in [-0.1, -0.05) is 11.6 Å². The monoisotopic (exact) mass is 213 g/mol. The number of aromatic amines is 1. The molecule has 0 saturated carbocycles. The third kappa shape index (κ3) is 1.08. The lowest BCUT2D eigenvalue weighted by atomic mass is 10.1. The highest BCUT2D eigenvalue weighted by atomic mass is 16.3. The molecule has 0 aliphatic carbocycles. The highest BCUT2D eigenvalue weighted by molar-refractivity contribution is 6.12. The summed E-state index contributed by atoms with van der Waals surface area (Å²) in [6.45, 7) is 2.00. The number of benzene rings is 2. The SMILES string of the molecule is Cc1ccc2[nH]c3c(O)ccc(O)c3c2c1. The molecule has 3 N–H and O–H groups in total. The summed E-state index contributed by atoms with van der Waals surface area (Å²) in [5, 5.41) is 21.2. The van der Waals surface area contributed by atoms with Crippen LogP contribution in [0.15, 0.2) is 30.3 Å². The van der Waals surface area contributed by atoms with Gasteiger partial charge >= 0.3 is 0 Å². The molecular formula is C13H11NO2. The number of fused-ring (bicyclic) bond motifs is 3. The number of phenolic OH excluding ortho intramolecular Hbond substituents is 2. The van der Waals surface area contributed by atoms with Gasteiger partial charge in [0.1, 0.15) is 11.5 Å². The Morgan fingerprint density at radius 2 is 1.75 bits per heavy atom. The van der Waals surface area contributed by atoms with E-state index in [0.717, 1.165) is 16.5 Å². The molecule has 3 rings (SSSR count). The average molecular weight is 213 g/mol. The molecule has 3 heteroatoms. The quantitative estimate of drug-likeness (QED) is 0.503. The van der Waals surface area contributed by atoms with Gasteiger partial charge in [0.25, 0.3) is 0 Å². The lowest BCUT2D eigenvalue weighted by Crippen LogP contribution is -1.72. The molecule has 3 nitrogen and oxygen atoms in total. The van der Waals surface area contributed by atoms with Gasteiger partial charge in [-0.05, 0) is 31.2 Å². The first-order chi connectivity index (χ1) is 7.66. The summed E-state index contributed by atoms with van der Waals surface area (Å²) in [4.78, 5) is 3.10. The van der Waals surface area contributed by atoms with Gasteiger partial charge in [0.15, 0.2) is 0 Å². The Labute approximate surface area is 92.0 Å². The Kier molecular flexibility index (Phi) is 1.66. The Hall–Kier alpha value is -2.16. The molecule has 0 fully saturated rings. The summed E-state index contributed by atoms with van der Waals surface area (Å²) in [5.41, 5.74) is 2.62. The molecule has 0 saturated heterocycles. The summed E-state index contributed by atoms with van der Waals surface area (Å²) in [5.74, 6) is 0.339. The van der Waals surface area contributed by atoms with Gasteiger partial charge in [-0.15, -0.1) is 0 Å². The summed E-state index contributed by atoms with van der Waals surface area (Å²) in [6.07, 6.45) is 0. The molecule has 3 aromatic rings. The number of aromatic hydroxyl groups is 2. The van der Waals surface area contributed by atoms with Crippen molar-refractivity contribution in [1.29, 1.82) is 0 Å². The van der Waals surface area contributed by atoms with E-state index in [0.29, 0.717) is 10.9 Å². The third-order valence-electron chi connectivity index (χ3n) is 2.87. The van der Waals surface area contributed by atoms with Gasteiger partial charge in [0.05, 0.1) is 10.9 Å². The number of hydrogen-bond donors (Lipinski definition) is 3. The van der Waals surface area contributed by atoms with Crippen molar-refractivity contribution in [2.24, 2.45) is 0 Å². The number of nitrogens with one attached hydrogen (secondary N) is 1. The fourth-order valence-corrected chi connectivity index (χ4v) is 2.09. The molecule has 0 aliphatic rings. The van der Waals surface area contributed by atoms with Crippen LogP contribution in [0.25, 0.3) is 21.8 Å². The van der Waals surface area contributed by atoms with E-state index in [-0.39, 0.29) is 11.5 Å². The van der Waals surface area contributed by atoms with E-state index < -0.39 is 0 Å². The van der Waals surface area contributed by atoms with Crippen molar-refractivity contribution in [2.75, 3.05) is 0 Å². The Balaban J connectivity index is 2.62. The predicted octanol–water partition coefficient (Wildman–Crippen LogP) is 3.04. The molecule has 0 unspecified atom stereocenters. The van der Waals surface area contributed by atoms with Crippen LogP contribution in [0.4, 0.5) is 0 Å². The Bertz CT molecular complexity index is 698. The van der Waals surface area contributed by atoms with Gasteiger partial charge in [0, 0.05) is 10.9 Å². The maximum atomic E-state index is 9.84. The number of H-pyrrole nitrogens is 1. The summed E-state index contributed by atoms with van der Waals surface area (Å²) in [6, 6.07) is 8.93. The van der Waals surface area contributed by atoms with Crippen LogP contribution in [0.1, 0.15) is 5.56 Å². The zero-order chi connectivity index (χ0) is 11.3. The zero-order valence-electron chi connectivity index (χ0n) is 8.78. The molecule has 0 aliphatic heterocycles. The maximum Gasteiger partial charge on any atom is 0.139 e. The second-order valence-electron chi connectivity index (χ2n) is 4.03. The van der Waals surface area contributed by atoms with E-state index >= 15 is 0 Å². The normalized spacial score (nSPS) is 11.3. The third-order valence-corrected chi connectivity index (χ3v) is 2.87. The molecule has 0 amide bonds. The average Bonchev–Trinajstić information content (AvgIpc) is 2.63. The molecule has 0 spiro atoms. The van der Waals surface area contributed by atoms with E-state index in [9.17, 15) is 10.2 Å². The molecule has 0 radical (unpaired) electrons. The molecule has 0 bridgehead atoms. The van der Waals surface area contributed by atoms with Crippen molar-refractivity contribution in [3.63, 3.8) is 0 Å². The van der Waals surface area contributed by atoms with Gasteiger partial charge in [-0.25, -0.2) is 0 Å². The fraction of sp³-hybridized carbons (Fsp3) is 0.0769. The second-order valence-corrected chi connectivity index (χ2v) is 4.03. The van der Waals surface area contributed by atoms with Gasteiger partial charge in [-0.2, -0.15) is 0 Å². The van der Waals surface area contributed by atoms with Gasteiger partial charge < -0.3 is 15.2 Å². The van der Waals surface area contributed by atoms with Crippen LogP contribution < -0.4 is 0 Å². The summed E-state index contributed by atoms with van der Waals surface area (Å²) in [7, 11) is 0. The number of rotatable bonds is 0. The van der Waals surface area contributed by atoms with Crippen molar-refractivity contribution in [3.05, 3.63) is 35.9 Å². The van der Waals surface area contributed by atoms with Crippen LogP contribution in [0.2, 0.25) is 0 Å². The number of phenols is 2. The van der Waals surface area contributed by atoms with E-state index in [4.69, 9.17) is 0 Å². The lowest BCUT2D eigenvalue weighted by molar-refractivity contribution is 0.469. The smallest absolute Gasteiger partial charge is 0.139 e. The minimum absolute atomic E-state index is 0.154. The van der Waals surface area contributed by atoms with E-state index in [1.165, 1.54) is 12.1 Å². The van der Waals surface area contributed by atoms with Crippen molar-refractivity contribution in [1.82, 2.24) is 4.98 Å². The largest absolute Gasteiger partial charge is 0.507 e. The molecule has 16 heavy (non-hydrogen) atoms. The minimum atomic E-state index is 0.154. The first-order valence-electron chi connectivity index (χ1n) is 5.10. The van der Waals surface area contributed by atoms with Crippen LogP contribution in [-0.4, -0.2) is 15.2 Å². The van der Waals surface area contributed by atoms with Crippen LogP contribution in [-0.2, 0) is 0 Å². The first-order valence-corrected chi connectivity index (χ1v) is 5.10. The standard InChI is InChI=1S/C13H11NO2/c1-7-2-3-9-8(6-7)12-10(15)4-5-11(16)13(12)14-9/h2-6,14-16H,1H3. The van der Waals surface area contributed by atoms with Crippen LogP contribution in [0.3, 0.4) is 0 Å². The number of aromatic nitrogens is 1. The molecule has 2 aromatic carbocycles. The highest BCUT2D eigenvalue weighted by Crippen LogP contribution is 2.37. The van der Waals surface area contributed by atoms with E-state index in [1.807, 2.05) is 25.1 Å². The van der Waals surface area contributed by atoms with Gasteiger partial charge in [0.2, 0.25) is 0 Å². The van der Waals surface area contributed by atoms with Crippen LogP contribution in [0.5, 0.6) is 11.5 Å². The number of hydrogen-bond acceptors (Lipinski definition) is 2. The second kappa shape index (κ2) is 2.92. The fourth-order valence-electron chi connectivity index (χ4n) is 2.09. The van der Waals surface area contributed by atoms with Crippen LogP contribution in [0, 0.1) is 6.92 Å². The summed E-state index contributed by atoms with van der Waals surface area (Å²) >= 11 is 0. The Morgan fingerprint density at radius 3 is 2.56 bits per heavy atom. The van der Waals surface area contributed by atoms with Crippen molar-refractivity contribution in [3.8, 4) is 11.5 Å². The van der Waals surface area contributed by atoms with E-state index in [1.54, 1.807) is 0 Å². The first kappa shape index (κ1) is 9.09. The molecule has 1 aromatic heterocycles. The van der Waals surface area contributed by atoms with Crippen molar-refractivity contribution in [2.45, 2.75) is 6.92 Å². The number of aryl methyl sites for hydroxylation is 1. The maximum absolute atomic E-state index is 9.84.